The Balaban J connectivity index is 0.000000213. The van der Waals surface area contributed by atoms with Gasteiger partial charge in [-0.15, -0.1) is 0 Å². The Hall–Kier alpha value is -8.86. The van der Waals surface area contributed by atoms with Gasteiger partial charge in [0.15, 0.2) is 24.8 Å². The number of hydrogen-bond acceptors (Lipinski definition) is 0. The SMILES string of the molecule is CC.CC.CC.CC.CC.CC.Cc1c(-c2cccc[n+]2C)ccc2c1-c1ccccc1C2.Cc1cc2c(cc1-c1cccc[n+]1C)-c1ccccc1C2.Cc1cc2c(cc1-c1cccc[n+]1C)Cc1ccccc1-2.Cc1ccc(-c2cc(C)c(C)c(C)c2C)[n+](C)c1. The molecule has 3 aliphatic rings. The first-order valence-electron chi connectivity index (χ1n) is 34.7. The van der Waals surface area contributed by atoms with E-state index in [-0.39, 0.29) is 0 Å². The minimum atomic E-state index is 1.05. The number of fused-ring (bicyclic) bond motifs is 9. The number of nitrogens with zero attached hydrogens (tertiary/aromatic N) is 4. The summed E-state index contributed by atoms with van der Waals surface area (Å²) in [6, 6.07) is 66.1. The summed E-state index contributed by atoms with van der Waals surface area (Å²) in [7, 11) is 8.44. The Kier molecular flexibility index (Phi) is 29.3. The van der Waals surface area contributed by atoms with E-state index < -0.39 is 0 Å². The van der Waals surface area contributed by atoms with Crippen LogP contribution >= 0.6 is 0 Å². The molecule has 11 aromatic rings. The van der Waals surface area contributed by atoms with E-state index in [1.807, 2.05) is 83.1 Å². The normalized spacial score (nSPS) is 10.7. The molecule has 0 atom stereocenters. The Labute approximate surface area is 564 Å². The Bertz CT molecular complexity index is 4190. The van der Waals surface area contributed by atoms with E-state index in [0.717, 1.165) is 19.3 Å². The summed E-state index contributed by atoms with van der Waals surface area (Å²) < 4.78 is 8.79. The van der Waals surface area contributed by atoms with Crippen molar-refractivity contribution in [2.75, 3.05) is 0 Å². The van der Waals surface area contributed by atoms with Gasteiger partial charge in [-0.3, -0.25) is 0 Å². The lowest BCUT2D eigenvalue weighted by Crippen LogP contribution is -2.31. The Morgan fingerprint density at radius 3 is 1.12 bits per heavy atom. The molecule has 4 heterocycles. The van der Waals surface area contributed by atoms with Crippen LogP contribution in [0.2, 0.25) is 0 Å². The summed E-state index contributed by atoms with van der Waals surface area (Å²) in [6.45, 7) is 41.6. The maximum Gasteiger partial charge on any atom is 0.212 e. The molecule has 14 rings (SSSR count). The maximum atomic E-state index is 2.38. The summed E-state index contributed by atoms with van der Waals surface area (Å²) in [5.74, 6) is 0. The summed E-state index contributed by atoms with van der Waals surface area (Å²) in [5.41, 5.74) is 38.5. The van der Waals surface area contributed by atoms with E-state index >= 15 is 0 Å². The summed E-state index contributed by atoms with van der Waals surface area (Å²) >= 11 is 0. The van der Waals surface area contributed by atoms with E-state index in [0.29, 0.717) is 0 Å². The molecular weight excluding hydrogens is 1130 g/mol. The lowest BCUT2D eigenvalue weighted by Gasteiger charge is -2.13. The highest BCUT2D eigenvalue weighted by Gasteiger charge is 2.26. The Morgan fingerprint density at radius 1 is 0.237 bits per heavy atom. The smallest absolute Gasteiger partial charge is 0.201 e. The van der Waals surface area contributed by atoms with E-state index in [1.165, 1.54) is 156 Å². The van der Waals surface area contributed by atoms with Gasteiger partial charge in [-0.05, 0) is 229 Å². The van der Waals surface area contributed by atoms with Crippen LogP contribution < -0.4 is 18.3 Å². The molecule has 0 unspecified atom stereocenters. The van der Waals surface area contributed by atoms with E-state index in [9.17, 15) is 0 Å². The molecule has 0 saturated heterocycles. The molecule has 0 fully saturated rings. The van der Waals surface area contributed by atoms with Gasteiger partial charge in [0, 0.05) is 70.3 Å². The van der Waals surface area contributed by atoms with Crippen LogP contribution in [-0.2, 0) is 47.5 Å². The number of aryl methyl sites for hydroxylation is 8. The molecule has 0 amide bonds. The van der Waals surface area contributed by atoms with Crippen LogP contribution in [0, 0.1) is 55.4 Å². The predicted octanol–water partition coefficient (Wildman–Crippen LogP) is 22.1. The molecule has 4 nitrogen and oxygen atoms in total. The van der Waals surface area contributed by atoms with Crippen LogP contribution in [0.15, 0.2) is 207 Å². The molecule has 4 aromatic heterocycles. The zero-order chi connectivity index (χ0) is 68.6. The van der Waals surface area contributed by atoms with Crippen molar-refractivity contribution in [2.24, 2.45) is 28.2 Å². The van der Waals surface area contributed by atoms with Crippen molar-refractivity contribution >= 4 is 0 Å². The second kappa shape index (κ2) is 36.4. The van der Waals surface area contributed by atoms with E-state index in [1.54, 1.807) is 0 Å². The van der Waals surface area contributed by atoms with Crippen molar-refractivity contribution in [1.82, 2.24) is 0 Å². The van der Waals surface area contributed by atoms with E-state index in [4.69, 9.17) is 0 Å². The average molecular weight is 1240 g/mol. The lowest BCUT2D eigenvalue weighted by atomic mass is 9.92. The van der Waals surface area contributed by atoms with Crippen LogP contribution in [0.4, 0.5) is 0 Å². The zero-order valence-electron chi connectivity index (χ0n) is 61.5. The van der Waals surface area contributed by atoms with Crippen molar-refractivity contribution in [3.8, 4) is 78.4 Å². The van der Waals surface area contributed by atoms with Crippen molar-refractivity contribution in [3.05, 3.63) is 285 Å². The van der Waals surface area contributed by atoms with Crippen molar-refractivity contribution in [1.29, 1.82) is 0 Å². The van der Waals surface area contributed by atoms with Crippen molar-refractivity contribution in [3.63, 3.8) is 0 Å². The number of rotatable bonds is 4. The average Bonchev–Trinajstić information content (AvgIpc) is 1.60. The highest BCUT2D eigenvalue weighted by atomic mass is 14.9. The van der Waals surface area contributed by atoms with Crippen LogP contribution in [0.3, 0.4) is 0 Å². The fourth-order valence-electron chi connectivity index (χ4n) is 12.8. The van der Waals surface area contributed by atoms with Gasteiger partial charge < -0.3 is 0 Å². The van der Waals surface area contributed by atoms with Gasteiger partial charge in [0.1, 0.15) is 28.2 Å². The number of benzene rings is 7. The second-order valence-electron chi connectivity index (χ2n) is 22.8. The summed E-state index contributed by atoms with van der Waals surface area (Å²) in [6.07, 6.45) is 11.7. The molecule has 93 heavy (non-hydrogen) atoms. The molecule has 4 heteroatoms. The van der Waals surface area contributed by atoms with Gasteiger partial charge in [0.05, 0.1) is 0 Å². The van der Waals surface area contributed by atoms with Gasteiger partial charge in [-0.25, -0.2) is 18.3 Å². The molecular formula is C89H112N4+4. The first-order valence-corrected chi connectivity index (χ1v) is 34.7. The Morgan fingerprint density at radius 2 is 0.624 bits per heavy atom. The summed E-state index contributed by atoms with van der Waals surface area (Å²) in [4.78, 5) is 0. The van der Waals surface area contributed by atoms with Crippen LogP contribution in [0.25, 0.3) is 78.4 Å². The summed E-state index contributed by atoms with van der Waals surface area (Å²) in [5, 5.41) is 0. The first kappa shape index (κ1) is 74.9. The minimum absolute atomic E-state index is 1.05. The molecule has 484 valence electrons. The molecule has 7 aromatic carbocycles. The number of hydrogen-bond donors (Lipinski definition) is 0. The zero-order valence-corrected chi connectivity index (χ0v) is 61.5. The molecule has 0 aliphatic heterocycles. The quantitative estimate of drug-likeness (QED) is 0.156. The second-order valence-corrected chi connectivity index (χ2v) is 22.8. The molecule has 0 N–H and O–H groups in total. The highest BCUT2D eigenvalue weighted by molar-refractivity contribution is 5.85. The maximum absolute atomic E-state index is 2.38. The molecule has 0 saturated carbocycles. The molecule has 0 radical (unpaired) electrons. The van der Waals surface area contributed by atoms with Crippen molar-refractivity contribution in [2.45, 2.75) is 158 Å². The topological polar surface area (TPSA) is 15.5 Å². The predicted molar refractivity (Wildman–Crippen MR) is 403 cm³/mol. The fourth-order valence-corrected chi connectivity index (χ4v) is 12.8. The lowest BCUT2D eigenvalue weighted by molar-refractivity contribution is -0.660. The first-order chi connectivity index (χ1) is 45.1. The molecule has 0 spiro atoms. The van der Waals surface area contributed by atoms with Crippen LogP contribution in [0.5, 0.6) is 0 Å². The fraction of sp³-hybridized carbons (Fsp3) is 0.303. The third kappa shape index (κ3) is 17.1. The monoisotopic (exact) mass is 1240 g/mol. The molecule has 0 bridgehead atoms. The van der Waals surface area contributed by atoms with Gasteiger partial charge in [0.2, 0.25) is 22.8 Å². The van der Waals surface area contributed by atoms with Gasteiger partial charge >= 0.3 is 0 Å². The third-order valence-electron chi connectivity index (χ3n) is 17.5. The molecule has 3 aliphatic carbocycles. The third-order valence-corrected chi connectivity index (χ3v) is 17.5. The van der Waals surface area contributed by atoms with Crippen LogP contribution in [0.1, 0.15) is 161 Å². The highest BCUT2D eigenvalue weighted by Crippen LogP contribution is 2.43. The number of pyridine rings is 4. The minimum Gasteiger partial charge on any atom is -0.201 e. The van der Waals surface area contributed by atoms with E-state index in [2.05, 4.69) is 309 Å². The van der Waals surface area contributed by atoms with Crippen LogP contribution in [-0.4, -0.2) is 0 Å². The van der Waals surface area contributed by atoms with Gasteiger partial charge in [-0.1, -0.05) is 174 Å². The standard InChI is InChI=1S/3C20H18N.C17H22N.6C2H6/c1-14-17(19-9-5-6-12-21(19)2)11-10-16-13-15-7-3-4-8-18(15)20(14)16;1-14-11-19-16(12-15-7-3-4-8-17(15)19)13-18(14)20-9-5-6-10-21(20)2;1-14-11-16-12-15-7-3-4-8-17(15)19(16)13-18(14)20-9-5-6-10-21(20)2;1-11-7-8-17(18(6)10-11)16-9-12(2)13(3)14(4)15(16)5;6*1-2/h3-12H,13H2,1-2H3;2*3-11,13H,12H2,1-2H3;7-10H,1-6H3;6*1-2H3/q4*+1;;;;;;. The van der Waals surface area contributed by atoms with Gasteiger partial charge in [0.25, 0.3) is 0 Å². The largest absolute Gasteiger partial charge is 0.212 e. The number of aromatic nitrogens is 4. The van der Waals surface area contributed by atoms with Gasteiger partial charge in [-0.2, -0.15) is 0 Å². The van der Waals surface area contributed by atoms with Crippen molar-refractivity contribution < 1.29 is 18.3 Å².